The third-order valence-corrected chi connectivity index (χ3v) is 2.40. The molecule has 0 unspecified atom stereocenters. The molecule has 2 nitrogen and oxygen atoms in total. The van der Waals surface area contributed by atoms with Gasteiger partial charge in [-0.2, -0.15) is 0 Å². The highest BCUT2D eigenvalue weighted by Crippen LogP contribution is 2.15. The summed E-state index contributed by atoms with van der Waals surface area (Å²) in [6.07, 6.45) is 5.34. The Balaban J connectivity index is 4.04. The van der Waals surface area contributed by atoms with Crippen molar-refractivity contribution < 1.29 is 0 Å². The lowest BCUT2D eigenvalue weighted by atomic mass is 9.92. The number of hydrogen-bond acceptors (Lipinski definition) is 2. The molecule has 88 valence electrons. The lowest BCUT2D eigenvalue weighted by molar-refractivity contribution is 0.194. The van der Waals surface area contributed by atoms with Gasteiger partial charge in [0, 0.05) is 19.1 Å². The van der Waals surface area contributed by atoms with Crippen LogP contribution in [-0.4, -0.2) is 37.1 Å². The van der Waals surface area contributed by atoms with Crippen molar-refractivity contribution in [3.63, 3.8) is 0 Å². The summed E-state index contributed by atoms with van der Waals surface area (Å²) in [5, 5.41) is 3.48. The van der Waals surface area contributed by atoms with E-state index in [4.69, 9.17) is 6.42 Å². The molecule has 0 bridgehead atoms. The Hall–Kier alpha value is -0.520. The second-order valence-corrected chi connectivity index (χ2v) is 5.21. The minimum Gasteiger partial charge on any atom is -0.314 e. The molecule has 2 heteroatoms. The topological polar surface area (TPSA) is 15.3 Å². The third-order valence-electron chi connectivity index (χ3n) is 2.40. The van der Waals surface area contributed by atoms with Crippen LogP contribution >= 0.6 is 0 Å². The minimum atomic E-state index is 0.275. The summed E-state index contributed by atoms with van der Waals surface area (Å²) in [6.45, 7) is 14.9. The molecule has 0 atom stereocenters. The van der Waals surface area contributed by atoms with Crippen molar-refractivity contribution in [1.29, 1.82) is 0 Å². The molecule has 0 radical (unpaired) electrons. The molecule has 15 heavy (non-hydrogen) atoms. The molecule has 0 aromatic carbocycles. The van der Waals surface area contributed by atoms with E-state index in [2.05, 4.69) is 50.8 Å². The summed E-state index contributed by atoms with van der Waals surface area (Å²) in [7, 11) is 0. The first-order valence-corrected chi connectivity index (χ1v) is 5.80. The first-order valence-electron chi connectivity index (χ1n) is 5.80. The third kappa shape index (κ3) is 7.41. The fraction of sp³-hybridized carbons (Fsp3) is 0.846. The van der Waals surface area contributed by atoms with Crippen LogP contribution in [0, 0.1) is 17.8 Å². The van der Waals surface area contributed by atoms with Gasteiger partial charge in [0.15, 0.2) is 0 Å². The van der Waals surface area contributed by atoms with Crippen molar-refractivity contribution in [2.45, 2.75) is 40.7 Å². The summed E-state index contributed by atoms with van der Waals surface area (Å²) in [6, 6.07) is 0.548. The highest BCUT2D eigenvalue weighted by atomic mass is 15.1. The quantitative estimate of drug-likeness (QED) is 0.646. The molecule has 0 amide bonds. The van der Waals surface area contributed by atoms with Crippen LogP contribution in [-0.2, 0) is 0 Å². The Morgan fingerprint density at radius 2 is 2.00 bits per heavy atom. The van der Waals surface area contributed by atoms with Gasteiger partial charge in [-0.1, -0.05) is 40.5 Å². The molecule has 0 saturated carbocycles. The smallest absolute Gasteiger partial charge is 0.0599 e. The number of rotatable bonds is 7. The minimum absolute atomic E-state index is 0.275. The Labute approximate surface area is 95.4 Å². The highest BCUT2D eigenvalue weighted by molar-refractivity contribution is 4.89. The zero-order valence-electron chi connectivity index (χ0n) is 10.9. The van der Waals surface area contributed by atoms with Crippen LogP contribution in [0.3, 0.4) is 0 Å². The molecule has 0 aliphatic rings. The molecule has 0 heterocycles. The van der Waals surface area contributed by atoms with E-state index < -0.39 is 0 Å². The van der Waals surface area contributed by atoms with Gasteiger partial charge in [-0.25, -0.2) is 0 Å². The molecule has 0 spiro atoms. The van der Waals surface area contributed by atoms with Crippen LogP contribution in [0.15, 0.2) is 0 Å². The van der Waals surface area contributed by atoms with Crippen LogP contribution < -0.4 is 5.32 Å². The molecule has 1 N–H and O–H groups in total. The Kier molecular flexibility index (Phi) is 6.63. The predicted molar refractivity (Wildman–Crippen MR) is 67.9 cm³/mol. The summed E-state index contributed by atoms with van der Waals surface area (Å²) in [4.78, 5) is 2.31. The fourth-order valence-electron chi connectivity index (χ4n) is 1.55. The van der Waals surface area contributed by atoms with Crippen molar-refractivity contribution in [2.75, 3.05) is 26.2 Å². The summed E-state index contributed by atoms with van der Waals surface area (Å²) in [5.74, 6) is 2.71. The van der Waals surface area contributed by atoms with E-state index in [0.717, 1.165) is 26.2 Å². The largest absolute Gasteiger partial charge is 0.314 e. The van der Waals surface area contributed by atoms with E-state index in [0.29, 0.717) is 6.04 Å². The molecular weight excluding hydrogens is 184 g/mol. The van der Waals surface area contributed by atoms with E-state index in [1.54, 1.807) is 0 Å². The van der Waals surface area contributed by atoms with Crippen LogP contribution in [0.25, 0.3) is 0 Å². The van der Waals surface area contributed by atoms with Gasteiger partial charge in [0.25, 0.3) is 0 Å². The summed E-state index contributed by atoms with van der Waals surface area (Å²) >= 11 is 0. The van der Waals surface area contributed by atoms with Gasteiger partial charge in [-0.3, -0.25) is 4.90 Å². The van der Waals surface area contributed by atoms with Gasteiger partial charge in [0.2, 0.25) is 0 Å². The van der Waals surface area contributed by atoms with Gasteiger partial charge in [-0.15, -0.1) is 6.42 Å². The zero-order chi connectivity index (χ0) is 11.9. The average molecular weight is 210 g/mol. The van der Waals surface area contributed by atoms with Crippen molar-refractivity contribution in [3.05, 3.63) is 0 Å². The van der Waals surface area contributed by atoms with Crippen LogP contribution in [0.5, 0.6) is 0 Å². The zero-order valence-corrected chi connectivity index (χ0v) is 10.9. The van der Waals surface area contributed by atoms with Crippen molar-refractivity contribution in [2.24, 2.45) is 5.41 Å². The Bertz CT molecular complexity index is 201. The lowest BCUT2D eigenvalue weighted by Gasteiger charge is -2.32. The summed E-state index contributed by atoms with van der Waals surface area (Å²) < 4.78 is 0. The number of hydrogen-bond donors (Lipinski definition) is 1. The standard InChI is InChI=1S/C13H26N2/c1-7-9-15(8-2)11-13(5,6)10-14-12(3)4/h1,12,14H,8-11H2,2-6H3. The number of nitrogens with zero attached hydrogens (tertiary/aromatic N) is 1. The van der Waals surface area contributed by atoms with Crippen molar-refractivity contribution in [1.82, 2.24) is 10.2 Å². The second-order valence-electron chi connectivity index (χ2n) is 5.21. The molecule has 0 aliphatic heterocycles. The normalized spacial score (nSPS) is 12.1. The number of nitrogens with one attached hydrogen (secondary N) is 1. The maximum Gasteiger partial charge on any atom is 0.0599 e. The van der Waals surface area contributed by atoms with Crippen molar-refractivity contribution >= 4 is 0 Å². The van der Waals surface area contributed by atoms with Crippen molar-refractivity contribution in [3.8, 4) is 12.3 Å². The van der Waals surface area contributed by atoms with E-state index in [1.807, 2.05) is 0 Å². The maximum atomic E-state index is 5.34. The Morgan fingerprint density at radius 3 is 2.40 bits per heavy atom. The van der Waals surface area contributed by atoms with Crippen LogP contribution in [0.1, 0.15) is 34.6 Å². The second kappa shape index (κ2) is 6.87. The highest BCUT2D eigenvalue weighted by Gasteiger charge is 2.20. The predicted octanol–water partition coefficient (Wildman–Crippen LogP) is 1.97. The molecule has 0 aromatic heterocycles. The van der Waals surface area contributed by atoms with Gasteiger partial charge < -0.3 is 5.32 Å². The maximum absolute atomic E-state index is 5.34. The molecule has 0 aliphatic carbocycles. The van der Waals surface area contributed by atoms with Gasteiger partial charge in [0.05, 0.1) is 6.54 Å². The fourth-order valence-corrected chi connectivity index (χ4v) is 1.55. The summed E-state index contributed by atoms with van der Waals surface area (Å²) in [5.41, 5.74) is 0.275. The van der Waals surface area contributed by atoms with Crippen LogP contribution in [0.4, 0.5) is 0 Å². The van der Waals surface area contributed by atoms with E-state index in [9.17, 15) is 0 Å². The van der Waals surface area contributed by atoms with Crippen LogP contribution in [0.2, 0.25) is 0 Å². The van der Waals surface area contributed by atoms with E-state index >= 15 is 0 Å². The van der Waals surface area contributed by atoms with E-state index in [-0.39, 0.29) is 5.41 Å². The van der Waals surface area contributed by atoms with Gasteiger partial charge >= 0.3 is 0 Å². The first kappa shape index (κ1) is 14.5. The average Bonchev–Trinajstić information content (AvgIpc) is 2.14. The lowest BCUT2D eigenvalue weighted by Crippen LogP contribution is -2.42. The SMILES string of the molecule is C#CCN(CC)CC(C)(C)CNC(C)C. The number of terminal acetylenes is 1. The molecule has 0 saturated heterocycles. The van der Waals surface area contributed by atoms with Gasteiger partial charge in [0.1, 0.15) is 0 Å². The first-order chi connectivity index (χ1) is 6.91. The Morgan fingerprint density at radius 1 is 1.40 bits per heavy atom. The molecular formula is C13H26N2. The molecule has 0 aromatic rings. The van der Waals surface area contributed by atoms with E-state index in [1.165, 1.54) is 0 Å². The molecule has 0 fully saturated rings. The van der Waals surface area contributed by atoms with Gasteiger partial charge in [-0.05, 0) is 12.0 Å². The molecule has 0 rings (SSSR count). The monoisotopic (exact) mass is 210 g/mol.